The molecule has 0 bridgehead atoms. The van der Waals surface area contributed by atoms with Crippen LogP contribution in [0, 0.1) is 18.6 Å². The van der Waals surface area contributed by atoms with Gasteiger partial charge in [-0.05, 0) is 36.8 Å². The van der Waals surface area contributed by atoms with Crippen LogP contribution in [0.15, 0.2) is 12.1 Å². The number of rotatable bonds is 1. The first kappa shape index (κ1) is 13.0. The number of benzene rings is 1. The SMILES string of the molecule is Cc1ccc(C2CCC3(CC2)OCCO3)c(F)c1F. The maximum atomic E-state index is 14.0. The van der Waals surface area contributed by atoms with Gasteiger partial charge >= 0.3 is 0 Å². The second kappa shape index (κ2) is 4.84. The van der Waals surface area contributed by atoms with Crippen molar-refractivity contribution in [2.24, 2.45) is 0 Å². The summed E-state index contributed by atoms with van der Waals surface area (Å²) in [5.41, 5.74) is 0.854. The van der Waals surface area contributed by atoms with Gasteiger partial charge in [0.1, 0.15) is 0 Å². The fraction of sp³-hybridized carbons (Fsp3) is 0.600. The molecule has 19 heavy (non-hydrogen) atoms. The summed E-state index contributed by atoms with van der Waals surface area (Å²) in [6, 6.07) is 3.37. The van der Waals surface area contributed by atoms with Crippen LogP contribution in [0.4, 0.5) is 8.78 Å². The Morgan fingerprint density at radius 2 is 1.68 bits per heavy atom. The molecule has 1 aliphatic carbocycles. The number of ether oxygens (including phenoxy) is 2. The van der Waals surface area contributed by atoms with Crippen LogP contribution in [0.5, 0.6) is 0 Å². The van der Waals surface area contributed by atoms with E-state index in [4.69, 9.17) is 9.47 Å². The van der Waals surface area contributed by atoms with Gasteiger partial charge in [-0.15, -0.1) is 0 Å². The molecule has 2 nitrogen and oxygen atoms in total. The molecule has 4 heteroatoms. The van der Waals surface area contributed by atoms with E-state index >= 15 is 0 Å². The highest BCUT2D eigenvalue weighted by Gasteiger charge is 2.41. The molecule has 1 saturated carbocycles. The molecule has 1 saturated heterocycles. The number of hydrogen-bond acceptors (Lipinski definition) is 2. The highest BCUT2D eigenvalue weighted by atomic mass is 19.2. The first-order valence-corrected chi connectivity index (χ1v) is 6.84. The minimum atomic E-state index is -0.717. The molecule has 0 unspecified atom stereocenters. The topological polar surface area (TPSA) is 18.5 Å². The van der Waals surface area contributed by atoms with Gasteiger partial charge in [0.25, 0.3) is 0 Å². The fourth-order valence-corrected chi connectivity index (χ4v) is 3.13. The Labute approximate surface area is 111 Å². The molecule has 1 spiro atoms. The molecule has 1 aromatic rings. The average molecular weight is 268 g/mol. The standard InChI is InChI=1S/C15H18F2O2/c1-10-2-3-12(14(17)13(10)16)11-4-6-15(7-5-11)18-8-9-19-15/h2-3,11H,4-9H2,1H3. The molecule has 1 aliphatic heterocycles. The van der Waals surface area contributed by atoms with Crippen LogP contribution < -0.4 is 0 Å². The zero-order chi connectivity index (χ0) is 13.5. The molecule has 0 aromatic heterocycles. The van der Waals surface area contributed by atoms with E-state index in [1.54, 1.807) is 19.1 Å². The molecule has 0 radical (unpaired) electrons. The van der Waals surface area contributed by atoms with E-state index in [9.17, 15) is 8.78 Å². The number of halogens is 2. The average Bonchev–Trinajstić information content (AvgIpc) is 2.86. The van der Waals surface area contributed by atoms with Crippen LogP contribution in [0.1, 0.15) is 42.7 Å². The van der Waals surface area contributed by atoms with Crippen molar-refractivity contribution in [3.63, 3.8) is 0 Å². The predicted octanol–water partition coefficient (Wildman–Crippen LogP) is 3.67. The van der Waals surface area contributed by atoms with Gasteiger partial charge < -0.3 is 9.47 Å². The van der Waals surface area contributed by atoms with Crippen LogP contribution >= 0.6 is 0 Å². The van der Waals surface area contributed by atoms with E-state index in [1.807, 2.05) is 0 Å². The maximum Gasteiger partial charge on any atom is 0.168 e. The summed E-state index contributed by atoms with van der Waals surface area (Å²) in [4.78, 5) is 0. The number of hydrogen-bond donors (Lipinski definition) is 0. The van der Waals surface area contributed by atoms with Crippen LogP contribution in [-0.4, -0.2) is 19.0 Å². The molecule has 104 valence electrons. The van der Waals surface area contributed by atoms with E-state index in [1.165, 1.54) is 0 Å². The van der Waals surface area contributed by atoms with E-state index in [2.05, 4.69) is 0 Å². The maximum absolute atomic E-state index is 14.0. The quantitative estimate of drug-likeness (QED) is 0.773. The van der Waals surface area contributed by atoms with Crippen molar-refractivity contribution in [2.45, 2.75) is 44.3 Å². The third kappa shape index (κ3) is 2.28. The Kier molecular flexibility index (Phi) is 3.31. The van der Waals surface area contributed by atoms with Crippen LogP contribution in [0.2, 0.25) is 0 Å². The molecule has 2 aliphatic rings. The Morgan fingerprint density at radius 3 is 2.32 bits per heavy atom. The van der Waals surface area contributed by atoms with E-state index in [0.717, 1.165) is 25.7 Å². The van der Waals surface area contributed by atoms with Crippen molar-refractivity contribution in [1.82, 2.24) is 0 Å². The van der Waals surface area contributed by atoms with Crippen LogP contribution in [0.25, 0.3) is 0 Å². The lowest BCUT2D eigenvalue weighted by molar-refractivity contribution is -0.178. The van der Waals surface area contributed by atoms with E-state index < -0.39 is 17.4 Å². The highest BCUT2D eigenvalue weighted by Crippen LogP contribution is 2.43. The molecule has 1 heterocycles. The smallest absolute Gasteiger partial charge is 0.168 e. The molecule has 2 fully saturated rings. The zero-order valence-electron chi connectivity index (χ0n) is 11.0. The van der Waals surface area contributed by atoms with Crippen LogP contribution in [0.3, 0.4) is 0 Å². The monoisotopic (exact) mass is 268 g/mol. The van der Waals surface area contributed by atoms with Crippen molar-refractivity contribution in [3.8, 4) is 0 Å². The van der Waals surface area contributed by atoms with Crippen LogP contribution in [-0.2, 0) is 9.47 Å². The van der Waals surface area contributed by atoms with Gasteiger partial charge in [-0.1, -0.05) is 12.1 Å². The summed E-state index contributed by atoms with van der Waals surface area (Å²) in [5.74, 6) is -1.79. The summed E-state index contributed by atoms with van der Waals surface area (Å²) in [7, 11) is 0. The lowest BCUT2D eigenvalue weighted by Crippen LogP contribution is -2.34. The second-order valence-corrected chi connectivity index (χ2v) is 5.48. The zero-order valence-corrected chi connectivity index (χ0v) is 11.0. The van der Waals surface area contributed by atoms with Gasteiger partial charge in [0.2, 0.25) is 0 Å². The minimum absolute atomic E-state index is 0.0634. The van der Waals surface area contributed by atoms with Gasteiger partial charge in [-0.2, -0.15) is 0 Å². The first-order valence-electron chi connectivity index (χ1n) is 6.84. The third-order valence-electron chi connectivity index (χ3n) is 4.31. The van der Waals surface area contributed by atoms with Gasteiger partial charge in [-0.3, -0.25) is 0 Å². The van der Waals surface area contributed by atoms with Crippen molar-refractivity contribution >= 4 is 0 Å². The van der Waals surface area contributed by atoms with Crippen molar-refractivity contribution in [3.05, 3.63) is 34.9 Å². The first-order chi connectivity index (χ1) is 9.11. The minimum Gasteiger partial charge on any atom is -0.348 e. The molecule has 0 amide bonds. The van der Waals surface area contributed by atoms with E-state index in [-0.39, 0.29) is 5.92 Å². The van der Waals surface area contributed by atoms with Gasteiger partial charge in [-0.25, -0.2) is 8.78 Å². The molecule has 0 atom stereocenters. The van der Waals surface area contributed by atoms with Gasteiger partial charge in [0.15, 0.2) is 17.4 Å². The number of aryl methyl sites for hydroxylation is 1. The van der Waals surface area contributed by atoms with Crippen molar-refractivity contribution < 1.29 is 18.3 Å². The summed E-state index contributed by atoms with van der Waals surface area (Å²) in [5, 5.41) is 0. The van der Waals surface area contributed by atoms with Gasteiger partial charge in [0, 0.05) is 12.8 Å². The second-order valence-electron chi connectivity index (χ2n) is 5.48. The van der Waals surface area contributed by atoms with Gasteiger partial charge in [0.05, 0.1) is 13.2 Å². The lowest BCUT2D eigenvalue weighted by Gasteiger charge is -2.35. The molecule has 0 N–H and O–H groups in total. The highest BCUT2D eigenvalue weighted by molar-refractivity contribution is 5.28. The Hall–Kier alpha value is -1.00. The molecular formula is C15H18F2O2. The summed E-state index contributed by atoms with van der Waals surface area (Å²) < 4.78 is 38.9. The molecule has 3 rings (SSSR count). The van der Waals surface area contributed by atoms with E-state index in [0.29, 0.717) is 24.3 Å². The largest absolute Gasteiger partial charge is 0.348 e. The Bertz CT molecular complexity index is 471. The Balaban J connectivity index is 1.76. The summed E-state index contributed by atoms with van der Waals surface area (Å²) in [6.45, 7) is 2.86. The summed E-state index contributed by atoms with van der Waals surface area (Å²) in [6.07, 6.45) is 3.07. The molecular weight excluding hydrogens is 250 g/mol. The van der Waals surface area contributed by atoms with Crippen molar-refractivity contribution in [2.75, 3.05) is 13.2 Å². The Morgan fingerprint density at radius 1 is 1.05 bits per heavy atom. The predicted molar refractivity (Wildman–Crippen MR) is 66.9 cm³/mol. The fourth-order valence-electron chi connectivity index (χ4n) is 3.13. The normalized spacial score (nSPS) is 23.1. The molecule has 1 aromatic carbocycles. The lowest BCUT2D eigenvalue weighted by atomic mass is 9.80. The summed E-state index contributed by atoms with van der Waals surface area (Å²) >= 11 is 0. The van der Waals surface area contributed by atoms with Crippen molar-refractivity contribution in [1.29, 1.82) is 0 Å². The third-order valence-corrected chi connectivity index (χ3v) is 4.31.